The second kappa shape index (κ2) is 28.2. The van der Waals surface area contributed by atoms with Crippen molar-refractivity contribution < 1.29 is 69.6 Å². The molecule has 15 heteroatoms. The van der Waals surface area contributed by atoms with E-state index in [0.717, 1.165) is 5.57 Å². The van der Waals surface area contributed by atoms with Crippen molar-refractivity contribution in [1.29, 1.82) is 0 Å². The molecular weight excluding hydrogens is 456 g/mol. The Kier molecular flexibility index (Phi) is 35.5. The number of hydrogen-bond donors (Lipinski definition) is 1. The minimum Gasteiger partial charge on any atom is -0.507 e. The summed E-state index contributed by atoms with van der Waals surface area (Å²) in [5.41, 5.74) is 1.94. The van der Waals surface area contributed by atoms with Gasteiger partial charge in [-0.1, -0.05) is 35.9 Å². The third-order valence-corrected chi connectivity index (χ3v) is 2.91. The maximum atomic E-state index is 11.9. The standard InChI is InChI=1S/C15H14O3.6F2/c1-9(2)7-8-12-13(16)10-5-3-4-6-11(10)14(17)15(12)18;6*1-2/h3-7,16H,8H2,1-2H3;;;;;;. The Bertz CT molecular complexity index is 617. The lowest BCUT2D eigenvalue weighted by Crippen LogP contribution is -2.23. The van der Waals surface area contributed by atoms with Crippen molar-refractivity contribution in [3.63, 3.8) is 0 Å². The summed E-state index contributed by atoms with van der Waals surface area (Å²) >= 11 is 0. The number of benzene rings is 1. The van der Waals surface area contributed by atoms with Crippen LogP contribution in [0, 0.1) is 0 Å². The Morgan fingerprint density at radius 1 is 0.733 bits per heavy atom. The molecule has 0 aromatic heterocycles. The van der Waals surface area contributed by atoms with Gasteiger partial charge in [-0.05, 0) is 20.3 Å². The van der Waals surface area contributed by atoms with E-state index in [9.17, 15) is 14.7 Å². The minimum absolute atomic E-state index is 0.0762. The van der Waals surface area contributed by atoms with Crippen molar-refractivity contribution >= 4 is 17.3 Å². The molecule has 1 aliphatic rings. The normalized spacial score (nSPS) is 9.93. The van der Waals surface area contributed by atoms with Gasteiger partial charge in [0.15, 0.2) is 0 Å². The molecule has 1 aromatic carbocycles. The molecule has 0 saturated heterocycles. The van der Waals surface area contributed by atoms with Crippen LogP contribution in [0.4, 0.5) is 54.9 Å². The molecule has 0 heterocycles. The Balaban J connectivity index is -0.000000150. The van der Waals surface area contributed by atoms with Gasteiger partial charge in [0.05, 0.1) is 0 Å². The molecular formula is C15H14F12O3. The number of Topliss-reactive ketones (excluding diaryl/α,β-unsaturated/α-hetero) is 2. The number of aliphatic hydroxyl groups is 1. The first kappa shape index (κ1) is 37.7. The average Bonchev–Trinajstić information content (AvgIpc) is 2.85. The molecule has 1 aliphatic carbocycles. The Labute approximate surface area is 161 Å². The summed E-state index contributed by atoms with van der Waals surface area (Å²) in [6, 6.07) is 6.62. The molecule has 2 rings (SSSR count). The molecule has 1 N–H and O–H groups in total. The predicted octanol–water partition coefficient (Wildman–Crippen LogP) is 8.12. The zero-order chi connectivity index (χ0) is 25.3. The van der Waals surface area contributed by atoms with Crippen molar-refractivity contribution in [2.45, 2.75) is 20.3 Å². The highest BCUT2D eigenvalue weighted by molar-refractivity contribution is 6.52. The number of ketones is 2. The first-order valence-electron chi connectivity index (χ1n) is 6.62. The van der Waals surface area contributed by atoms with Crippen LogP contribution in [0.15, 0.2) is 41.5 Å². The first-order chi connectivity index (χ1) is 14.5. The second-order valence-electron chi connectivity index (χ2n) is 4.52. The predicted molar refractivity (Wildman–Crippen MR) is 82.7 cm³/mol. The van der Waals surface area contributed by atoms with Gasteiger partial charge in [-0.2, -0.15) is 0 Å². The Hall–Kier alpha value is -3.00. The summed E-state index contributed by atoms with van der Waals surface area (Å²) in [5, 5.41) is 10.1. The largest absolute Gasteiger partial charge is 0.507 e. The van der Waals surface area contributed by atoms with Gasteiger partial charge in [-0.25, -0.2) is 0 Å². The van der Waals surface area contributed by atoms with Gasteiger partial charge in [-0.3, -0.25) is 9.59 Å². The molecule has 3 nitrogen and oxygen atoms in total. The summed E-state index contributed by atoms with van der Waals surface area (Å²) < 4.78 is 96.0. The molecule has 0 aliphatic heterocycles. The molecule has 0 unspecified atom stereocenters. The van der Waals surface area contributed by atoms with Gasteiger partial charge in [0.2, 0.25) is 11.6 Å². The highest BCUT2D eigenvalue weighted by Gasteiger charge is 2.31. The van der Waals surface area contributed by atoms with Crippen LogP contribution in [0.3, 0.4) is 0 Å². The van der Waals surface area contributed by atoms with E-state index in [1.165, 1.54) is 0 Å². The van der Waals surface area contributed by atoms with E-state index in [4.69, 9.17) is 54.9 Å². The zero-order valence-electron chi connectivity index (χ0n) is 14.9. The highest BCUT2D eigenvalue weighted by Crippen LogP contribution is 2.29. The molecule has 0 atom stereocenters. The van der Waals surface area contributed by atoms with E-state index < -0.39 is 11.6 Å². The van der Waals surface area contributed by atoms with Gasteiger partial charge in [-0.15, -0.1) is 0 Å². The third-order valence-electron chi connectivity index (χ3n) is 2.91. The van der Waals surface area contributed by atoms with Crippen molar-refractivity contribution in [2.75, 3.05) is 0 Å². The van der Waals surface area contributed by atoms with Gasteiger partial charge >= 0.3 is 0 Å². The second-order valence-corrected chi connectivity index (χ2v) is 4.52. The van der Waals surface area contributed by atoms with Crippen LogP contribution < -0.4 is 0 Å². The van der Waals surface area contributed by atoms with Crippen molar-refractivity contribution in [3.05, 3.63) is 52.6 Å². The summed E-state index contributed by atoms with van der Waals surface area (Å²) in [6.45, 7) is 3.81. The van der Waals surface area contributed by atoms with E-state index in [1.54, 1.807) is 24.3 Å². The molecule has 0 amide bonds. The van der Waals surface area contributed by atoms with E-state index >= 15 is 0 Å². The molecule has 0 saturated carbocycles. The maximum absolute atomic E-state index is 11.9. The fourth-order valence-electron chi connectivity index (χ4n) is 1.91. The van der Waals surface area contributed by atoms with Crippen LogP contribution >= 0.6 is 0 Å². The maximum Gasteiger partial charge on any atom is 0.234 e. The van der Waals surface area contributed by atoms with Gasteiger partial charge in [0.1, 0.15) is 5.76 Å². The van der Waals surface area contributed by atoms with E-state index in [-0.39, 0.29) is 23.3 Å². The number of halogens is 12. The van der Waals surface area contributed by atoms with E-state index in [0.29, 0.717) is 5.56 Å². The molecule has 0 radical (unpaired) electrons. The topological polar surface area (TPSA) is 54.4 Å². The molecule has 0 spiro atoms. The van der Waals surface area contributed by atoms with Gasteiger partial charge in [0, 0.05) is 71.6 Å². The zero-order valence-corrected chi connectivity index (χ0v) is 14.9. The number of carbonyl (C=O) groups excluding carboxylic acids is 2. The Morgan fingerprint density at radius 2 is 1.10 bits per heavy atom. The lowest BCUT2D eigenvalue weighted by atomic mass is 9.87. The SMILES string of the molecule is CC(C)=CCC1=C(O)c2ccccc2C(=O)C1=O.FF.FF.FF.FF.FF.FF. The quantitative estimate of drug-likeness (QED) is 0.270. The van der Waals surface area contributed by atoms with Gasteiger partial charge < -0.3 is 5.11 Å². The molecule has 30 heavy (non-hydrogen) atoms. The molecule has 0 fully saturated rings. The van der Waals surface area contributed by atoms with Crippen LogP contribution in [0.5, 0.6) is 0 Å². The van der Waals surface area contributed by atoms with Crippen LogP contribution in [0.1, 0.15) is 36.2 Å². The third kappa shape index (κ3) is 13.2. The highest BCUT2D eigenvalue weighted by atomic mass is 20.0. The van der Waals surface area contributed by atoms with Crippen LogP contribution in [-0.4, -0.2) is 16.7 Å². The minimum atomic E-state index is -0.608. The smallest absolute Gasteiger partial charge is 0.234 e. The first-order valence-corrected chi connectivity index (χ1v) is 6.62. The molecule has 176 valence electrons. The van der Waals surface area contributed by atoms with Crippen molar-refractivity contribution in [2.24, 2.45) is 0 Å². The van der Waals surface area contributed by atoms with Crippen LogP contribution in [-0.2, 0) is 4.79 Å². The number of carbonyl (C=O) groups is 2. The molecule has 1 aromatic rings. The Morgan fingerprint density at radius 3 is 1.47 bits per heavy atom. The number of rotatable bonds is 2. The number of aliphatic hydroxyl groups excluding tert-OH is 1. The summed E-state index contributed by atoms with van der Waals surface area (Å²) in [5.74, 6) is -1.23. The number of allylic oxidation sites excluding steroid dienone is 3. The van der Waals surface area contributed by atoms with Crippen molar-refractivity contribution in [3.8, 4) is 0 Å². The van der Waals surface area contributed by atoms with E-state index in [1.807, 2.05) is 19.9 Å². The van der Waals surface area contributed by atoms with E-state index in [2.05, 4.69) is 0 Å². The number of hydrogen-bond acceptors (Lipinski definition) is 3. The summed E-state index contributed by atoms with van der Waals surface area (Å²) in [7, 11) is 0. The lowest BCUT2D eigenvalue weighted by Gasteiger charge is -2.16. The van der Waals surface area contributed by atoms with Crippen molar-refractivity contribution in [1.82, 2.24) is 0 Å². The average molecular weight is 470 g/mol. The fourth-order valence-corrected chi connectivity index (χ4v) is 1.91. The number of fused-ring (bicyclic) bond motifs is 1. The summed E-state index contributed by atoms with van der Waals surface area (Å²) in [4.78, 5) is 23.8. The fraction of sp³-hybridized carbons (Fsp3) is 0.200. The van der Waals surface area contributed by atoms with Crippen LogP contribution in [0.2, 0.25) is 0 Å². The van der Waals surface area contributed by atoms with Crippen LogP contribution in [0.25, 0.3) is 5.76 Å². The molecule has 0 bridgehead atoms. The lowest BCUT2D eigenvalue weighted by molar-refractivity contribution is -0.112. The van der Waals surface area contributed by atoms with Gasteiger partial charge in [0.25, 0.3) is 0 Å². The summed E-state index contributed by atoms with van der Waals surface area (Å²) in [6.07, 6.45) is 2.11. The monoisotopic (exact) mass is 470 g/mol.